The molecule has 4 rings (SSSR count). The molecule has 1 N–H and O–H groups in total. The van der Waals surface area contributed by atoms with Crippen molar-refractivity contribution in [3.63, 3.8) is 0 Å². The number of carbonyl (C=O) groups is 1. The number of hydrogen-bond donors (Lipinski definition) is 1. The zero-order valence-corrected chi connectivity index (χ0v) is 20.7. The highest BCUT2D eigenvalue weighted by molar-refractivity contribution is 8.00. The van der Waals surface area contributed by atoms with Crippen LogP contribution in [0.3, 0.4) is 0 Å². The van der Waals surface area contributed by atoms with E-state index in [9.17, 15) is 9.59 Å². The monoisotopic (exact) mass is 479 g/mol. The highest BCUT2D eigenvalue weighted by Crippen LogP contribution is 2.34. The molecule has 0 unspecified atom stereocenters. The second-order valence-electron chi connectivity index (χ2n) is 8.32. The fourth-order valence-electron chi connectivity index (χ4n) is 3.81. The van der Waals surface area contributed by atoms with Crippen molar-refractivity contribution in [1.29, 1.82) is 0 Å². The summed E-state index contributed by atoms with van der Waals surface area (Å²) in [5.41, 5.74) is 3.95. The molecule has 5 nitrogen and oxygen atoms in total. The van der Waals surface area contributed by atoms with Crippen LogP contribution >= 0.6 is 23.5 Å². The summed E-state index contributed by atoms with van der Waals surface area (Å²) in [7, 11) is 0. The van der Waals surface area contributed by atoms with Crippen molar-refractivity contribution in [3.05, 3.63) is 81.8 Å². The van der Waals surface area contributed by atoms with E-state index >= 15 is 0 Å². The van der Waals surface area contributed by atoms with E-state index in [0.29, 0.717) is 17.0 Å². The second kappa shape index (κ2) is 11.1. The van der Waals surface area contributed by atoms with Crippen molar-refractivity contribution < 1.29 is 4.79 Å². The van der Waals surface area contributed by atoms with Crippen LogP contribution in [0.15, 0.2) is 69.4 Å². The predicted molar refractivity (Wildman–Crippen MR) is 137 cm³/mol. The number of unbranched alkanes of at least 4 members (excludes halogenated alkanes) is 1. The summed E-state index contributed by atoms with van der Waals surface area (Å²) in [6.07, 6.45) is 4.17. The number of fused-ring (bicyclic) bond motifs is 1. The van der Waals surface area contributed by atoms with Crippen molar-refractivity contribution in [2.24, 2.45) is 0 Å². The number of aryl methyl sites for hydroxylation is 1. The third-order valence-electron chi connectivity index (χ3n) is 5.54. The van der Waals surface area contributed by atoms with Crippen molar-refractivity contribution in [1.82, 2.24) is 9.55 Å². The molecular formula is C26H29N3O2S2. The van der Waals surface area contributed by atoms with Crippen LogP contribution in [0.2, 0.25) is 0 Å². The van der Waals surface area contributed by atoms with Crippen LogP contribution in [0.5, 0.6) is 0 Å². The quantitative estimate of drug-likeness (QED) is 0.329. The van der Waals surface area contributed by atoms with E-state index in [1.165, 1.54) is 23.7 Å². The standard InChI is InChI=1S/C26H29N3O2S2/c1-3-4-8-19-11-13-21(14-12-19)27-23(30)17-32-26-28-22-15-18(2)33-24(22)25(31)29(26)16-20-9-6-5-7-10-20/h5-7,9-14,18H,3-4,8,15-17H2,1-2H3,(H,27,30)/t18-/m0/s1. The first kappa shape index (κ1) is 23.6. The lowest BCUT2D eigenvalue weighted by molar-refractivity contribution is -0.113. The molecule has 1 atom stereocenters. The first-order chi connectivity index (χ1) is 16.0. The fourth-order valence-corrected chi connectivity index (χ4v) is 5.74. The van der Waals surface area contributed by atoms with Gasteiger partial charge in [-0.25, -0.2) is 4.98 Å². The second-order valence-corrected chi connectivity index (χ2v) is 10.7. The van der Waals surface area contributed by atoms with Gasteiger partial charge in [-0.3, -0.25) is 14.2 Å². The van der Waals surface area contributed by atoms with Gasteiger partial charge >= 0.3 is 0 Å². The van der Waals surface area contributed by atoms with Gasteiger partial charge in [0.25, 0.3) is 5.56 Å². The zero-order chi connectivity index (χ0) is 23.2. The van der Waals surface area contributed by atoms with Gasteiger partial charge in [0.15, 0.2) is 5.16 Å². The molecule has 0 saturated heterocycles. The lowest BCUT2D eigenvalue weighted by Gasteiger charge is -2.14. The Balaban J connectivity index is 1.47. The average molecular weight is 480 g/mol. The van der Waals surface area contributed by atoms with Gasteiger partial charge in [-0.1, -0.05) is 74.5 Å². The van der Waals surface area contributed by atoms with E-state index in [-0.39, 0.29) is 17.2 Å². The SMILES string of the molecule is CCCCc1ccc(NC(=O)CSc2nc3c(c(=O)n2Cc2ccccc2)S[C@@H](C)C3)cc1. The summed E-state index contributed by atoms with van der Waals surface area (Å²) in [4.78, 5) is 31.4. The maximum Gasteiger partial charge on any atom is 0.268 e. The molecule has 0 fully saturated rings. The number of anilines is 1. The van der Waals surface area contributed by atoms with Crippen LogP contribution in [0.4, 0.5) is 5.69 Å². The average Bonchev–Trinajstić information content (AvgIpc) is 3.20. The summed E-state index contributed by atoms with van der Waals surface area (Å²) < 4.78 is 1.71. The molecule has 7 heteroatoms. The van der Waals surface area contributed by atoms with Crippen molar-refractivity contribution >= 4 is 35.1 Å². The number of amides is 1. The topological polar surface area (TPSA) is 64.0 Å². The molecule has 3 aromatic rings. The van der Waals surface area contributed by atoms with Crippen molar-refractivity contribution in [2.45, 2.75) is 61.4 Å². The molecule has 1 amide bonds. The molecule has 0 saturated carbocycles. The minimum atomic E-state index is -0.106. The fraction of sp³-hybridized carbons (Fsp3) is 0.346. The smallest absolute Gasteiger partial charge is 0.268 e. The Hall–Kier alpha value is -2.51. The van der Waals surface area contributed by atoms with Gasteiger partial charge in [-0.05, 0) is 36.1 Å². The molecule has 0 radical (unpaired) electrons. The number of thioether (sulfide) groups is 2. The Bertz CT molecular complexity index is 1160. The molecule has 1 aliphatic heterocycles. The summed E-state index contributed by atoms with van der Waals surface area (Å²) in [5, 5.41) is 3.90. The Morgan fingerprint density at radius 1 is 1.15 bits per heavy atom. The van der Waals surface area contributed by atoms with Crippen LogP contribution in [-0.2, 0) is 24.2 Å². The molecular weight excluding hydrogens is 450 g/mol. The minimum Gasteiger partial charge on any atom is -0.325 e. The molecule has 0 bridgehead atoms. The van der Waals surface area contributed by atoms with Crippen LogP contribution in [0, 0.1) is 0 Å². The van der Waals surface area contributed by atoms with Crippen LogP contribution in [0.1, 0.15) is 43.5 Å². The van der Waals surface area contributed by atoms with E-state index in [2.05, 4.69) is 31.3 Å². The van der Waals surface area contributed by atoms with Gasteiger partial charge in [-0.15, -0.1) is 11.8 Å². The molecule has 0 aliphatic carbocycles. The van der Waals surface area contributed by atoms with E-state index < -0.39 is 0 Å². The Kier molecular flexibility index (Phi) is 7.93. The Morgan fingerprint density at radius 2 is 1.91 bits per heavy atom. The van der Waals surface area contributed by atoms with Gasteiger partial charge < -0.3 is 5.32 Å². The zero-order valence-electron chi connectivity index (χ0n) is 19.0. The molecule has 172 valence electrons. The summed E-state index contributed by atoms with van der Waals surface area (Å²) >= 11 is 2.92. The predicted octanol–water partition coefficient (Wildman–Crippen LogP) is 5.40. The summed E-state index contributed by atoms with van der Waals surface area (Å²) in [6, 6.07) is 17.9. The van der Waals surface area contributed by atoms with Gasteiger partial charge in [0.1, 0.15) is 0 Å². The lowest BCUT2D eigenvalue weighted by Crippen LogP contribution is -2.26. The third kappa shape index (κ3) is 6.09. The van der Waals surface area contributed by atoms with Crippen molar-refractivity contribution in [3.8, 4) is 0 Å². The maximum atomic E-state index is 13.3. The number of hydrogen-bond acceptors (Lipinski definition) is 5. The first-order valence-electron chi connectivity index (χ1n) is 11.4. The van der Waals surface area contributed by atoms with Gasteiger partial charge in [0.2, 0.25) is 5.91 Å². The first-order valence-corrected chi connectivity index (χ1v) is 13.3. The third-order valence-corrected chi connectivity index (χ3v) is 7.73. The maximum absolute atomic E-state index is 13.3. The van der Waals surface area contributed by atoms with Crippen LogP contribution in [-0.4, -0.2) is 26.5 Å². The van der Waals surface area contributed by atoms with E-state index in [1.54, 1.807) is 16.3 Å². The van der Waals surface area contributed by atoms with Gasteiger partial charge in [-0.2, -0.15) is 0 Å². The number of benzene rings is 2. The Morgan fingerprint density at radius 3 is 2.64 bits per heavy atom. The van der Waals surface area contributed by atoms with Crippen molar-refractivity contribution in [2.75, 3.05) is 11.1 Å². The molecule has 0 spiro atoms. The molecule has 33 heavy (non-hydrogen) atoms. The van der Waals surface area contributed by atoms with E-state index in [4.69, 9.17) is 4.98 Å². The van der Waals surface area contributed by atoms with E-state index in [1.807, 2.05) is 42.5 Å². The highest BCUT2D eigenvalue weighted by Gasteiger charge is 2.26. The normalized spacial score (nSPS) is 14.8. The van der Waals surface area contributed by atoms with E-state index in [0.717, 1.165) is 41.1 Å². The van der Waals surface area contributed by atoms with Crippen LogP contribution < -0.4 is 10.9 Å². The molecule has 1 aliphatic rings. The minimum absolute atomic E-state index is 0.0104. The van der Waals surface area contributed by atoms with Gasteiger partial charge in [0.05, 0.1) is 22.9 Å². The number of nitrogens with one attached hydrogen (secondary N) is 1. The summed E-state index contributed by atoms with van der Waals surface area (Å²) in [5.74, 6) is 0.0883. The highest BCUT2D eigenvalue weighted by atomic mass is 32.2. The number of rotatable bonds is 9. The number of aromatic nitrogens is 2. The van der Waals surface area contributed by atoms with Gasteiger partial charge in [0, 0.05) is 17.4 Å². The Labute approximate surface area is 203 Å². The number of nitrogens with zero attached hydrogens (tertiary/aromatic N) is 2. The van der Waals surface area contributed by atoms with Crippen LogP contribution in [0.25, 0.3) is 0 Å². The molecule has 2 aromatic carbocycles. The summed E-state index contributed by atoms with van der Waals surface area (Å²) in [6.45, 7) is 4.74. The largest absolute Gasteiger partial charge is 0.325 e. The lowest BCUT2D eigenvalue weighted by atomic mass is 10.1. The molecule has 2 heterocycles. The molecule has 1 aromatic heterocycles. The number of carbonyl (C=O) groups excluding carboxylic acids is 1.